The van der Waals surface area contributed by atoms with Crippen molar-refractivity contribution in [1.29, 1.82) is 0 Å². The maximum Gasteiger partial charge on any atom is 0.243 e. The van der Waals surface area contributed by atoms with Crippen LogP contribution in [0.2, 0.25) is 15.1 Å². The minimum absolute atomic E-state index is 0.0120. The van der Waals surface area contributed by atoms with Crippen LogP contribution in [0.4, 0.5) is 0 Å². The second kappa shape index (κ2) is 11.4. The van der Waals surface area contributed by atoms with Crippen molar-refractivity contribution < 1.29 is 17.9 Å². The van der Waals surface area contributed by atoms with Gasteiger partial charge in [-0.1, -0.05) is 53.0 Å². The molecule has 3 aromatic carbocycles. The van der Waals surface area contributed by atoms with E-state index in [9.17, 15) is 13.2 Å². The number of ether oxygens (including phenoxy) is 1. The SMILES string of the molecule is COc1ccc([C@H](C)NC(=O)CN(Cc2ccc(Cl)cc2Cl)S(=O)(=O)c2ccc(Cl)cc2)cc1. The topological polar surface area (TPSA) is 75.7 Å². The zero-order chi connectivity index (χ0) is 24.9. The number of hydrogen-bond donors (Lipinski definition) is 1. The quantitative estimate of drug-likeness (QED) is 0.376. The first kappa shape index (κ1) is 26.3. The number of methoxy groups -OCH3 is 1. The molecule has 0 unspecified atom stereocenters. The van der Waals surface area contributed by atoms with Gasteiger partial charge in [0.1, 0.15) is 5.75 Å². The van der Waals surface area contributed by atoms with E-state index in [4.69, 9.17) is 39.5 Å². The average Bonchev–Trinajstić information content (AvgIpc) is 2.80. The molecule has 0 aliphatic heterocycles. The smallest absolute Gasteiger partial charge is 0.243 e. The first-order chi connectivity index (χ1) is 16.1. The van der Waals surface area contributed by atoms with Gasteiger partial charge in [0.2, 0.25) is 15.9 Å². The number of hydrogen-bond acceptors (Lipinski definition) is 4. The summed E-state index contributed by atoms with van der Waals surface area (Å²) in [6.45, 7) is 1.28. The van der Waals surface area contributed by atoms with Crippen LogP contribution in [0.5, 0.6) is 5.75 Å². The Labute approximate surface area is 214 Å². The molecule has 10 heteroatoms. The van der Waals surface area contributed by atoms with Crippen LogP contribution < -0.4 is 10.1 Å². The summed E-state index contributed by atoms with van der Waals surface area (Å²) >= 11 is 18.2. The summed E-state index contributed by atoms with van der Waals surface area (Å²) in [6.07, 6.45) is 0. The van der Waals surface area contributed by atoms with Crippen LogP contribution in [0.1, 0.15) is 24.1 Å². The van der Waals surface area contributed by atoms with Crippen molar-refractivity contribution in [2.24, 2.45) is 0 Å². The third-order valence-electron chi connectivity index (χ3n) is 5.13. The van der Waals surface area contributed by atoms with Gasteiger partial charge in [-0.2, -0.15) is 4.31 Å². The summed E-state index contributed by atoms with van der Waals surface area (Å²) in [4.78, 5) is 12.9. The number of nitrogens with zero attached hydrogens (tertiary/aromatic N) is 1. The molecule has 3 aromatic rings. The molecule has 1 atom stereocenters. The normalized spacial score (nSPS) is 12.4. The molecule has 1 N–H and O–H groups in total. The summed E-state index contributed by atoms with van der Waals surface area (Å²) < 4.78 is 33.0. The van der Waals surface area contributed by atoms with E-state index in [1.807, 2.05) is 19.1 Å². The largest absolute Gasteiger partial charge is 0.497 e. The molecule has 180 valence electrons. The third kappa shape index (κ3) is 6.64. The number of carbonyl (C=O) groups is 1. The molecule has 0 bridgehead atoms. The molecule has 0 heterocycles. The van der Waals surface area contributed by atoms with Crippen LogP contribution in [0.25, 0.3) is 0 Å². The zero-order valence-electron chi connectivity index (χ0n) is 18.5. The Balaban J connectivity index is 1.84. The third-order valence-corrected chi connectivity index (χ3v) is 7.77. The van der Waals surface area contributed by atoms with E-state index in [0.29, 0.717) is 26.4 Å². The van der Waals surface area contributed by atoms with E-state index in [-0.39, 0.29) is 17.5 Å². The fourth-order valence-corrected chi connectivity index (χ4v) is 5.21. The van der Waals surface area contributed by atoms with Crippen molar-refractivity contribution in [3.05, 3.63) is 92.9 Å². The number of halogens is 3. The monoisotopic (exact) mass is 540 g/mol. The number of benzene rings is 3. The van der Waals surface area contributed by atoms with Crippen molar-refractivity contribution in [3.8, 4) is 5.75 Å². The lowest BCUT2D eigenvalue weighted by molar-refractivity contribution is -0.122. The van der Waals surface area contributed by atoms with E-state index in [1.54, 1.807) is 31.4 Å². The Hall–Kier alpha value is -2.29. The summed E-state index contributed by atoms with van der Waals surface area (Å²) in [6, 6.07) is 17.4. The van der Waals surface area contributed by atoms with Gasteiger partial charge < -0.3 is 10.1 Å². The molecule has 1 amide bonds. The highest BCUT2D eigenvalue weighted by molar-refractivity contribution is 7.89. The summed E-state index contributed by atoms with van der Waals surface area (Å²) in [5.41, 5.74) is 1.36. The maximum absolute atomic E-state index is 13.4. The molecule has 0 aliphatic rings. The molecule has 3 rings (SSSR count). The van der Waals surface area contributed by atoms with Crippen LogP contribution in [-0.4, -0.2) is 32.3 Å². The predicted molar refractivity (Wildman–Crippen MR) is 135 cm³/mol. The van der Waals surface area contributed by atoms with Crippen LogP contribution >= 0.6 is 34.8 Å². The second-order valence-corrected chi connectivity index (χ2v) is 10.7. The average molecular weight is 542 g/mol. The van der Waals surface area contributed by atoms with Crippen molar-refractivity contribution in [3.63, 3.8) is 0 Å². The molecule has 0 radical (unpaired) electrons. The van der Waals surface area contributed by atoms with E-state index in [0.717, 1.165) is 9.87 Å². The van der Waals surface area contributed by atoms with Gasteiger partial charge in [0.15, 0.2) is 0 Å². The minimum atomic E-state index is -4.04. The maximum atomic E-state index is 13.4. The number of sulfonamides is 1. The lowest BCUT2D eigenvalue weighted by atomic mass is 10.1. The van der Waals surface area contributed by atoms with Crippen LogP contribution in [0.3, 0.4) is 0 Å². The van der Waals surface area contributed by atoms with E-state index in [1.165, 1.54) is 30.3 Å². The second-order valence-electron chi connectivity index (χ2n) is 7.53. The molecule has 0 fully saturated rings. The van der Waals surface area contributed by atoms with Crippen LogP contribution in [-0.2, 0) is 21.4 Å². The van der Waals surface area contributed by atoms with Crippen molar-refractivity contribution in [2.75, 3.05) is 13.7 Å². The van der Waals surface area contributed by atoms with Crippen molar-refractivity contribution in [2.45, 2.75) is 24.4 Å². The number of carbonyl (C=O) groups excluding carboxylic acids is 1. The molecular weight excluding hydrogens is 519 g/mol. The Morgan fingerprint density at radius 3 is 2.18 bits per heavy atom. The fraction of sp³-hybridized carbons (Fsp3) is 0.208. The number of rotatable bonds is 9. The predicted octanol–water partition coefficient (Wildman–Crippen LogP) is 5.72. The highest BCUT2D eigenvalue weighted by atomic mass is 35.5. The Morgan fingerprint density at radius 2 is 1.59 bits per heavy atom. The molecule has 0 aromatic heterocycles. The van der Waals surface area contributed by atoms with E-state index in [2.05, 4.69) is 5.32 Å². The van der Waals surface area contributed by atoms with E-state index < -0.39 is 22.5 Å². The lowest BCUT2D eigenvalue weighted by Gasteiger charge is -2.24. The Morgan fingerprint density at radius 1 is 0.971 bits per heavy atom. The number of amides is 1. The Kier molecular flexibility index (Phi) is 8.84. The lowest BCUT2D eigenvalue weighted by Crippen LogP contribution is -2.41. The van der Waals surface area contributed by atoms with Crippen molar-refractivity contribution in [1.82, 2.24) is 9.62 Å². The molecule has 0 spiro atoms. The molecule has 34 heavy (non-hydrogen) atoms. The molecule has 0 aliphatic carbocycles. The number of nitrogens with one attached hydrogen (secondary N) is 1. The molecule has 0 saturated heterocycles. The zero-order valence-corrected chi connectivity index (χ0v) is 21.5. The van der Waals surface area contributed by atoms with Gasteiger partial charge in [-0.15, -0.1) is 0 Å². The Bertz CT molecular complexity index is 1250. The highest BCUT2D eigenvalue weighted by Crippen LogP contribution is 2.26. The summed E-state index contributed by atoms with van der Waals surface area (Å²) in [7, 11) is -2.47. The molecule has 6 nitrogen and oxygen atoms in total. The molecular formula is C24H23Cl3N2O4S. The van der Waals surface area contributed by atoms with Gasteiger partial charge in [-0.3, -0.25) is 4.79 Å². The van der Waals surface area contributed by atoms with Gasteiger partial charge in [-0.05, 0) is 66.6 Å². The van der Waals surface area contributed by atoms with Gasteiger partial charge in [0.25, 0.3) is 0 Å². The minimum Gasteiger partial charge on any atom is -0.497 e. The van der Waals surface area contributed by atoms with Gasteiger partial charge in [-0.25, -0.2) is 8.42 Å². The van der Waals surface area contributed by atoms with Gasteiger partial charge >= 0.3 is 0 Å². The first-order valence-electron chi connectivity index (χ1n) is 10.2. The fourth-order valence-electron chi connectivity index (χ4n) is 3.24. The van der Waals surface area contributed by atoms with E-state index >= 15 is 0 Å². The van der Waals surface area contributed by atoms with Crippen LogP contribution in [0, 0.1) is 0 Å². The first-order valence-corrected chi connectivity index (χ1v) is 12.8. The molecule has 0 saturated carbocycles. The summed E-state index contributed by atoms with van der Waals surface area (Å²) in [5, 5.41) is 3.97. The van der Waals surface area contributed by atoms with Gasteiger partial charge in [0, 0.05) is 21.6 Å². The standard InChI is InChI=1S/C24H23Cl3N2O4S/c1-16(17-4-9-21(33-2)10-5-17)28-24(30)15-29(14-18-3-6-20(26)13-23(18)27)34(31,32)22-11-7-19(25)8-12-22/h3-13,16H,14-15H2,1-2H3,(H,28,30)/t16-/m0/s1. The van der Waals surface area contributed by atoms with Crippen molar-refractivity contribution >= 4 is 50.7 Å². The summed E-state index contributed by atoms with van der Waals surface area (Å²) in [5.74, 6) is 0.230. The highest BCUT2D eigenvalue weighted by Gasteiger charge is 2.28. The van der Waals surface area contributed by atoms with Gasteiger partial charge in [0.05, 0.1) is 24.6 Å². The van der Waals surface area contributed by atoms with Crippen LogP contribution in [0.15, 0.2) is 71.6 Å².